The number of benzene rings is 2. The van der Waals surface area contributed by atoms with Gasteiger partial charge in [-0.3, -0.25) is 10.1 Å². The third-order valence-corrected chi connectivity index (χ3v) is 3.23. The fourth-order valence-corrected chi connectivity index (χ4v) is 2.11. The molecule has 2 aromatic carbocycles. The van der Waals surface area contributed by atoms with Gasteiger partial charge in [0.1, 0.15) is 5.75 Å². The van der Waals surface area contributed by atoms with E-state index in [-0.39, 0.29) is 16.4 Å². The molecular weight excluding hydrogens is 242 g/mol. The Morgan fingerprint density at radius 1 is 0.947 bits per heavy atom. The maximum atomic E-state index is 11.0. The molecule has 0 atom stereocenters. The summed E-state index contributed by atoms with van der Waals surface area (Å²) in [5, 5.41) is 20.7. The van der Waals surface area contributed by atoms with Crippen LogP contribution in [0.5, 0.6) is 5.75 Å². The SMILES string of the molecule is Cc1ccc(-c2cc(C)c(O)c(C)c2)cc1[N+](=O)[O-]. The van der Waals surface area contributed by atoms with Crippen molar-refractivity contribution in [2.75, 3.05) is 0 Å². The van der Waals surface area contributed by atoms with Gasteiger partial charge in [-0.15, -0.1) is 0 Å². The van der Waals surface area contributed by atoms with Crippen LogP contribution in [0, 0.1) is 30.9 Å². The summed E-state index contributed by atoms with van der Waals surface area (Å²) in [5.74, 6) is 0.269. The quantitative estimate of drug-likeness (QED) is 0.655. The highest BCUT2D eigenvalue weighted by atomic mass is 16.6. The fraction of sp³-hybridized carbons (Fsp3) is 0.200. The molecule has 2 aromatic rings. The molecular formula is C15H15NO3. The Hall–Kier alpha value is -2.36. The standard InChI is InChI=1S/C15H15NO3/c1-9-4-5-12(8-14(9)16(18)19)13-6-10(2)15(17)11(3)7-13/h4-8,17H,1-3H3. The Labute approximate surface area is 111 Å². The zero-order chi connectivity index (χ0) is 14.2. The second kappa shape index (κ2) is 4.72. The van der Waals surface area contributed by atoms with Crippen LogP contribution in [0.2, 0.25) is 0 Å². The van der Waals surface area contributed by atoms with Crippen LogP contribution in [0.25, 0.3) is 11.1 Å². The molecule has 0 saturated heterocycles. The van der Waals surface area contributed by atoms with Crippen molar-refractivity contribution in [1.29, 1.82) is 0 Å². The van der Waals surface area contributed by atoms with E-state index < -0.39 is 0 Å². The fourth-order valence-electron chi connectivity index (χ4n) is 2.11. The first-order valence-corrected chi connectivity index (χ1v) is 5.96. The number of hydrogen-bond donors (Lipinski definition) is 1. The highest BCUT2D eigenvalue weighted by molar-refractivity contribution is 5.70. The lowest BCUT2D eigenvalue weighted by Crippen LogP contribution is -1.92. The molecule has 0 radical (unpaired) electrons. The molecule has 0 heterocycles. The van der Waals surface area contributed by atoms with Crippen molar-refractivity contribution in [3.63, 3.8) is 0 Å². The Morgan fingerprint density at radius 2 is 1.53 bits per heavy atom. The van der Waals surface area contributed by atoms with Crippen LogP contribution in [0.3, 0.4) is 0 Å². The van der Waals surface area contributed by atoms with Gasteiger partial charge in [-0.2, -0.15) is 0 Å². The van der Waals surface area contributed by atoms with Crippen LogP contribution in [-0.4, -0.2) is 10.0 Å². The van der Waals surface area contributed by atoms with Crippen molar-refractivity contribution in [3.05, 3.63) is 57.1 Å². The summed E-state index contributed by atoms with van der Waals surface area (Å²) in [4.78, 5) is 10.6. The molecule has 0 spiro atoms. The van der Waals surface area contributed by atoms with Gasteiger partial charge in [0.15, 0.2) is 0 Å². The van der Waals surface area contributed by atoms with Gasteiger partial charge in [-0.1, -0.05) is 12.1 Å². The molecule has 1 N–H and O–H groups in total. The highest BCUT2D eigenvalue weighted by Gasteiger charge is 2.13. The predicted octanol–water partition coefficient (Wildman–Crippen LogP) is 3.89. The van der Waals surface area contributed by atoms with Crippen molar-refractivity contribution in [2.45, 2.75) is 20.8 Å². The molecule has 2 rings (SSSR count). The second-order valence-electron chi connectivity index (χ2n) is 4.72. The first-order valence-electron chi connectivity index (χ1n) is 5.96. The lowest BCUT2D eigenvalue weighted by atomic mass is 9.98. The Morgan fingerprint density at radius 3 is 2.05 bits per heavy atom. The number of aryl methyl sites for hydroxylation is 3. The molecule has 4 nitrogen and oxygen atoms in total. The number of nitro groups is 1. The molecule has 0 aromatic heterocycles. The molecule has 0 unspecified atom stereocenters. The lowest BCUT2D eigenvalue weighted by Gasteiger charge is -2.08. The maximum Gasteiger partial charge on any atom is 0.272 e. The molecule has 4 heteroatoms. The Kier molecular flexibility index (Phi) is 3.25. The van der Waals surface area contributed by atoms with Crippen LogP contribution in [0.15, 0.2) is 30.3 Å². The van der Waals surface area contributed by atoms with Gasteiger partial charge in [-0.05, 0) is 55.2 Å². The summed E-state index contributed by atoms with van der Waals surface area (Å²) in [5.41, 5.74) is 3.93. The van der Waals surface area contributed by atoms with Crippen LogP contribution in [0.1, 0.15) is 16.7 Å². The topological polar surface area (TPSA) is 63.4 Å². The summed E-state index contributed by atoms with van der Waals surface area (Å²) in [6.45, 7) is 5.35. The van der Waals surface area contributed by atoms with Crippen LogP contribution >= 0.6 is 0 Å². The number of rotatable bonds is 2. The number of phenols is 1. The normalized spacial score (nSPS) is 10.5. The molecule has 0 bridgehead atoms. The molecule has 0 amide bonds. The summed E-state index contributed by atoms with van der Waals surface area (Å²) >= 11 is 0. The number of hydrogen-bond acceptors (Lipinski definition) is 3. The van der Waals surface area contributed by atoms with Gasteiger partial charge < -0.3 is 5.11 Å². The molecule has 0 aliphatic heterocycles. The first kappa shape index (κ1) is 13.1. The van der Waals surface area contributed by atoms with E-state index in [1.54, 1.807) is 19.1 Å². The van der Waals surface area contributed by atoms with E-state index >= 15 is 0 Å². The minimum Gasteiger partial charge on any atom is -0.507 e. The van der Waals surface area contributed by atoms with Crippen molar-refractivity contribution in [3.8, 4) is 16.9 Å². The minimum atomic E-state index is -0.376. The summed E-state index contributed by atoms with van der Waals surface area (Å²) in [7, 11) is 0. The molecule has 0 fully saturated rings. The van der Waals surface area contributed by atoms with Gasteiger partial charge in [0.25, 0.3) is 5.69 Å². The summed E-state index contributed by atoms with van der Waals surface area (Å²) in [6, 6.07) is 8.83. The van der Waals surface area contributed by atoms with Crippen molar-refractivity contribution in [2.24, 2.45) is 0 Å². The van der Waals surface area contributed by atoms with Crippen molar-refractivity contribution >= 4 is 5.69 Å². The van der Waals surface area contributed by atoms with Gasteiger partial charge in [-0.25, -0.2) is 0 Å². The monoisotopic (exact) mass is 257 g/mol. The maximum absolute atomic E-state index is 11.0. The molecule has 0 aliphatic rings. The van der Waals surface area contributed by atoms with Crippen LogP contribution < -0.4 is 0 Å². The van der Waals surface area contributed by atoms with E-state index in [9.17, 15) is 15.2 Å². The van der Waals surface area contributed by atoms with E-state index in [1.807, 2.05) is 32.0 Å². The number of phenolic OH excluding ortho intramolecular Hbond substituents is 1. The van der Waals surface area contributed by atoms with Gasteiger partial charge in [0, 0.05) is 11.6 Å². The third kappa shape index (κ3) is 2.42. The largest absolute Gasteiger partial charge is 0.507 e. The predicted molar refractivity (Wildman–Crippen MR) is 74.4 cm³/mol. The molecule has 0 saturated carbocycles. The highest BCUT2D eigenvalue weighted by Crippen LogP contribution is 2.31. The molecule has 19 heavy (non-hydrogen) atoms. The molecule has 0 aliphatic carbocycles. The number of nitrogens with zero attached hydrogens (tertiary/aromatic N) is 1. The van der Waals surface area contributed by atoms with Crippen LogP contribution in [0.4, 0.5) is 5.69 Å². The van der Waals surface area contributed by atoms with E-state index in [0.29, 0.717) is 5.56 Å². The summed E-state index contributed by atoms with van der Waals surface area (Å²) < 4.78 is 0. The average molecular weight is 257 g/mol. The smallest absolute Gasteiger partial charge is 0.272 e. The van der Waals surface area contributed by atoms with Gasteiger partial charge >= 0.3 is 0 Å². The second-order valence-corrected chi connectivity index (χ2v) is 4.72. The van der Waals surface area contributed by atoms with E-state index in [0.717, 1.165) is 22.3 Å². The average Bonchev–Trinajstić information content (AvgIpc) is 2.35. The first-order chi connectivity index (χ1) is 8.90. The van der Waals surface area contributed by atoms with E-state index in [1.165, 1.54) is 0 Å². The van der Waals surface area contributed by atoms with Gasteiger partial charge in [0.2, 0.25) is 0 Å². The lowest BCUT2D eigenvalue weighted by molar-refractivity contribution is -0.385. The van der Waals surface area contributed by atoms with Crippen LogP contribution in [-0.2, 0) is 0 Å². The van der Waals surface area contributed by atoms with Crippen molar-refractivity contribution in [1.82, 2.24) is 0 Å². The summed E-state index contributed by atoms with van der Waals surface area (Å²) in [6.07, 6.45) is 0. The zero-order valence-electron chi connectivity index (χ0n) is 11.1. The number of aromatic hydroxyl groups is 1. The van der Waals surface area contributed by atoms with E-state index in [2.05, 4.69) is 0 Å². The molecule has 98 valence electrons. The zero-order valence-corrected chi connectivity index (χ0v) is 11.1. The Bertz CT molecular complexity index is 639. The van der Waals surface area contributed by atoms with E-state index in [4.69, 9.17) is 0 Å². The van der Waals surface area contributed by atoms with Crippen molar-refractivity contribution < 1.29 is 10.0 Å². The minimum absolute atomic E-state index is 0.112. The number of nitro benzene ring substituents is 1. The third-order valence-electron chi connectivity index (χ3n) is 3.23. The Balaban J connectivity index is 2.60. The van der Waals surface area contributed by atoms with Gasteiger partial charge in [0.05, 0.1) is 4.92 Å².